The number of esters is 1. The first kappa shape index (κ1) is 16.4. The average molecular weight is 312 g/mol. The lowest BCUT2D eigenvalue weighted by Crippen LogP contribution is -2.58. The molecule has 8 heteroatoms. The van der Waals surface area contributed by atoms with Gasteiger partial charge in [-0.3, -0.25) is 19.2 Å². The summed E-state index contributed by atoms with van der Waals surface area (Å²) < 4.78 is 9.98. The second kappa shape index (κ2) is 7.35. The monoisotopic (exact) mass is 312 g/mol. The molecule has 22 heavy (non-hydrogen) atoms. The van der Waals surface area contributed by atoms with E-state index in [0.29, 0.717) is 13.2 Å². The van der Waals surface area contributed by atoms with E-state index in [9.17, 15) is 19.2 Å². The second-order valence-electron chi connectivity index (χ2n) is 5.29. The van der Waals surface area contributed by atoms with Gasteiger partial charge in [-0.05, 0) is 6.92 Å². The minimum atomic E-state index is -0.772. The number of ketones is 1. The maximum atomic E-state index is 12.3. The molecule has 1 aliphatic heterocycles. The molecular formula is C14H20N2O6. The summed E-state index contributed by atoms with van der Waals surface area (Å²) in [5.74, 6) is -1.44. The highest BCUT2D eigenvalue weighted by molar-refractivity contribution is 5.98. The first-order chi connectivity index (χ1) is 10.5. The Balaban J connectivity index is 1.91. The van der Waals surface area contributed by atoms with Crippen molar-refractivity contribution >= 4 is 23.6 Å². The Morgan fingerprint density at radius 2 is 2.09 bits per heavy atom. The summed E-state index contributed by atoms with van der Waals surface area (Å²) in [6.45, 7) is 2.42. The van der Waals surface area contributed by atoms with E-state index in [-0.39, 0.29) is 50.2 Å². The number of Topliss-reactive ketones (excluding diaryl/α,β-unsaturated/α-hetero) is 1. The molecule has 1 saturated heterocycles. The van der Waals surface area contributed by atoms with Gasteiger partial charge in [-0.2, -0.15) is 0 Å². The molecular weight excluding hydrogens is 292 g/mol. The molecule has 1 atom stereocenters. The Kier molecular flexibility index (Phi) is 5.48. The molecule has 1 saturated carbocycles. The van der Waals surface area contributed by atoms with Crippen LogP contribution in [-0.2, 0) is 28.7 Å². The van der Waals surface area contributed by atoms with E-state index < -0.39 is 17.9 Å². The third kappa shape index (κ3) is 3.82. The molecule has 0 aromatic heterocycles. The number of ether oxygens (including phenoxy) is 2. The Hall–Kier alpha value is -1.96. The fraction of sp³-hybridized carbons (Fsp3) is 0.714. The molecule has 1 aliphatic carbocycles. The normalized spacial score (nSPS) is 22.0. The van der Waals surface area contributed by atoms with Crippen molar-refractivity contribution in [3.05, 3.63) is 0 Å². The molecule has 0 spiro atoms. The van der Waals surface area contributed by atoms with Gasteiger partial charge in [-0.1, -0.05) is 0 Å². The first-order valence-corrected chi connectivity index (χ1v) is 7.36. The zero-order valence-electron chi connectivity index (χ0n) is 12.5. The van der Waals surface area contributed by atoms with Crippen molar-refractivity contribution in [3.63, 3.8) is 0 Å². The number of hydrogen-bond acceptors (Lipinski definition) is 6. The van der Waals surface area contributed by atoms with Gasteiger partial charge in [0, 0.05) is 19.4 Å². The van der Waals surface area contributed by atoms with E-state index >= 15 is 0 Å². The van der Waals surface area contributed by atoms with E-state index in [1.807, 2.05) is 0 Å². The fourth-order valence-corrected chi connectivity index (χ4v) is 2.47. The summed E-state index contributed by atoms with van der Waals surface area (Å²) >= 11 is 0. The van der Waals surface area contributed by atoms with Crippen LogP contribution in [0, 0.1) is 5.92 Å². The lowest BCUT2D eigenvalue weighted by molar-refractivity contribution is -0.156. The second-order valence-corrected chi connectivity index (χ2v) is 5.29. The Labute approximate surface area is 128 Å². The van der Waals surface area contributed by atoms with E-state index in [0.717, 1.165) is 0 Å². The number of amides is 2. The van der Waals surface area contributed by atoms with Crippen LogP contribution in [0.4, 0.5) is 0 Å². The van der Waals surface area contributed by atoms with Gasteiger partial charge in [-0.25, -0.2) is 0 Å². The van der Waals surface area contributed by atoms with Crippen molar-refractivity contribution in [3.8, 4) is 0 Å². The highest BCUT2D eigenvalue weighted by Gasteiger charge is 2.40. The van der Waals surface area contributed by atoms with Crippen LogP contribution in [0.1, 0.15) is 19.8 Å². The number of carbonyl (C=O) groups excluding carboxylic acids is 4. The van der Waals surface area contributed by atoms with Gasteiger partial charge >= 0.3 is 5.97 Å². The Morgan fingerprint density at radius 1 is 1.36 bits per heavy atom. The summed E-state index contributed by atoms with van der Waals surface area (Å²) in [4.78, 5) is 48.2. The van der Waals surface area contributed by atoms with Crippen LogP contribution in [0.2, 0.25) is 0 Å². The molecule has 2 rings (SSSR count). The van der Waals surface area contributed by atoms with Crippen LogP contribution in [-0.4, -0.2) is 67.4 Å². The highest BCUT2D eigenvalue weighted by Crippen LogP contribution is 2.26. The number of nitrogens with zero attached hydrogens (tertiary/aromatic N) is 1. The van der Waals surface area contributed by atoms with Gasteiger partial charge in [0.2, 0.25) is 11.8 Å². The molecule has 1 unspecified atom stereocenters. The molecule has 0 radical (unpaired) electrons. The van der Waals surface area contributed by atoms with Gasteiger partial charge in [-0.15, -0.1) is 0 Å². The number of morpholine rings is 1. The highest BCUT2D eigenvalue weighted by atomic mass is 16.5. The van der Waals surface area contributed by atoms with Crippen LogP contribution >= 0.6 is 0 Å². The van der Waals surface area contributed by atoms with Gasteiger partial charge in [0.05, 0.1) is 25.7 Å². The van der Waals surface area contributed by atoms with Crippen LogP contribution in [0.15, 0.2) is 0 Å². The van der Waals surface area contributed by atoms with Gasteiger partial charge in [0.25, 0.3) is 0 Å². The summed E-state index contributed by atoms with van der Waals surface area (Å²) in [6, 6.07) is -0.772. The molecule has 2 aliphatic rings. The van der Waals surface area contributed by atoms with Gasteiger partial charge < -0.3 is 19.7 Å². The van der Waals surface area contributed by atoms with Crippen LogP contribution in [0.25, 0.3) is 0 Å². The van der Waals surface area contributed by atoms with Crippen molar-refractivity contribution in [2.75, 3.05) is 32.9 Å². The number of nitrogens with one attached hydrogen (secondary N) is 1. The SMILES string of the molecule is CCOC(=O)CNC(=O)C1COCCN1C(=O)C1CC(=O)C1. The molecule has 2 fully saturated rings. The fourth-order valence-electron chi connectivity index (χ4n) is 2.47. The molecule has 122 valence electrons. The summed E-state index contributed by atoms with van der Waals surface area (Å²) in [5, 5.41) is 2.45. The van der Waals surface area contributed by atoms with Crippen molar-refractivity contribution in [2.24, 2.45) is 5.92 Å². The minimum absolute atomic E-state index is 0.0647. The van der Waals surface area contributed by atoms with E-state index in [1.54, 1.807) is 6.92 Å². The maximum absolute atomic E-state index is 12.3. The van der Waals surface area contributed by atoms with Crippen LogP contribution in [0.3, 0.4) is 0 Å². The quantitative estimate of drug-likeness (QED) is 0.645. The largest absolute Gasteiger partial charge is 0.465 e. The third-order valence-electron chi connectivity index (χ3n) is 3.72. The van der Waals surface area contributed by atoms with Gasteiger partial charge in [0.15, 0.2) is 0 Å². The van der Waals surface area contributed by atoms with Crippen LogP contribution < -0.4 is 5.32 Å². The van der Waals surface area contributed by atoms with E-state index in [1.165, 1.54) is 4.90 Å². The average Bonchev–Trinajstić information content (AvgIpc) is 2.49. The number of hydrogen-bond donors (Lipinski definition) is 1. The zero-order chi connectivity index (χ0) is 16.1. The molecule has 2 amide bonds. The van der Waals surface area contributed by atoms with E-state index in [4.69, 9.17) is 9.47 Å². The number of carbonyl (C=O) groups is 4. The molecule has 1 N–H and O–H groups in total. The van der Waals surface area contributed by atoms with Crippen LogP contribution in [0.5, 0.6) is 0 Å². The standard InChI is InChI=1S/C14H20N2O6/c1-2-22-12(18)7-15-13(19)11-8-21-4-3-16(11)14(20)9-5-10(17)6-9/h9,11H,2-8H2,1H3,(H,15,19). The first-order valence-electron chi connectivity index (χ1n) is 7.36. The summed E-state index contributed by atoms with van der Waals surface area (Å²) in [5.41, 5.74) is 0. The third-order valence-corrected chi connectivity index (χ3v) is 3.72. The molecule has 0 bridgehead atoms. The van der Waals surface area contributed by atoms with Crippen molar-refractivity contribution in [1.82, 2.24) is 10.2 Å². The summed E-state index contributed by atoms with van der Waals surface area (Å²) in [6.07, 6.45) is 0.487. The van der Waals surface area contributed by atoms with Gasteiger partial charge in [0.1, 0.15) is 18.4 Å². The molecule has 0 aromatic carbocycles. The molecule has 0 aromatic rings. The van der Waals surface area contributed by atoms with Crippen molar-refractivity contribution < 1.29 is 28.7 Å². The van der Waals surface area contributed by atoms with E-state index in [2.05, 4.69) is 5.32 Å². The predicted molar refractivity (Wildman–Crippen MR) is 73.7 cm³/mol. The maximum Gasteiger partial charge on any atom is 0.325 e. The number of rotatable bonds is 5. The molecule has 1 heterocycles. The van der Waals surface area contributed by atoms with Crippen molar-refractivity contribution in [1.29, 1.82) is 0 Å². The molecule has 8 nitrogen and oxygen atoms in total. The smallest absolute Gasteiger partial charge is 0.325 e. The minimum Gasteiger partial charge on any atom is -0.465 e. The predicted octanol–water partition coefficient (Wildman–Crippen LogP) is -1.13. The Morgan fingerprint density at radius 3 is 2.73 bits per heavy atom. The topological polar surface area (TPSA) is 102 Å². The summed E-state index contributed by atoms with van der Waals surface area (Å²) in [7, 11) is 0. The lowest BCUT2D eigenvalue weighted by Gasteiger charge is -2.38. The Bertz CT molecular complexity index is 470. The lowest BCUT2D eigenvalue weighted by atomic mass is 9.82. The van der Waals surface area contributed by atoms with Crippen molar-refractivity contribution in [2.45, 2.75) is 25.8 Å². The zero-order valence-corrected chi connectivity index (χ0v) is 12.5.